The van der Waals surface area contributed by atoms with Crippen LogP contribution in [0.2, 0.25) is 0 Å². The summed E-state index contributed by atoms with van der Waals surface area (Å²) in [6.07, 6.45) is 2.08. The van der Waals surface area contributed by atoms with E-state index in [0.717, 1.165) is 57.0 Å². The molecule has 0 saturated carbocycles. The zero-order valence-electron chi connectivity index (χ0n) is 12.0. The monoisotopic (exact) mass is 275 g/mol. The van der Waals surface area contributed by atoms with Gasteiger partial charge in [-0.3, -0.25) is 4.98 Å². The van der Waals surface area contributed by atoms with Crippen LogP contribution in [-0.4, -0.2) is 60.5 Å². The van der Waals surface area contributed by atoms with Gasteiger partial charge >= 0.3 is 5.97 Å². The third-order valence-electron chi connectivity index (χ3n) is 4.09. The lowest BCUT2D eigenvalue weighted by atomic mass is 10.1. The number of aryl methyl sites for hydroxylation is 1. The summed E-state index contributed by atoms with van der Waals surface area (Å²) >= 11 is 0. The molecule has 108 valence electrons. The molecular formula is C15H21N3O2. The third kappa shape index (κ3) is 2.99. The second kappa shape index (κ2) is 5.89. The zero-order chi connectivity index (χ0) is 13.9. The predicted octanol–water partition coefficient (Wildman–Crippen LogP) is 0.932. The normalized spacial score (nSPS) is 19.9. The molecule has 1 aromatic rings. The average molecular weight is 275 g/mol. The molecule has 20 heavy (non-hydrogen) atoms. The van der Waals surface area contributed by atoms with Crippen LogP contribution in [0.1, 0.15) is 28.2 Å². The van der Waals surface area contributed by atoms with E-state index in [0.29, 0.717) is 12.2 Å². The molecule has 1 saturated heterocycles. The number of piperazine rings is 1. The molecule has 2 aliphatic rings. The van der Waals surface area contributed by atoms with Crippen molar-refractivity contribution in [2.75, 3.05) is 39.8 Å². The summed E-state index contributed by atoms with van der Waals surface area (Å²) in [6, 6.07) is 3.80. The first-order valence-corrected chi connectivity index (χ1v) is 7.29. The highest BCUT2D eigenvalue weighted by Gasteiger charge is 2.22. The van der Waals surface area contributed by atoms with Crippen molar-refractivity contribution >= 4 is 5.97 Å². The van der Waals surface area contributed by atoms with Crippen molar-refractivity contribution in [3.63, 3.8) is 0 Å². The van der Waals surface area contributed by atoms with Crippen molar-refractivity contribution in [1.82, 2.24) is 14.8 Å². The molecule has 0 atom stereocenters. The maximum absolute atomic E-state index is 11.4. The van der Waals surface area contributed by atoms with Crippen molar-refractivity contribution in [2.24, 2.45) is 0 Å². The van der Waals surface area contributed by atoms with Gasteiger partial charge in [-0.2, -0.15) is 0 Å². The first kappa shape index (κ1) is 13.5. The Morgan fingerprint density at radius 3 is 2.85 bits per heavy atom. The fraction of sp³-hybridized carbons (Fsp3) is 0.600. The Hall–Kier alpha value is -1.46. The highest BCUT2D eigenvalue weighted by molar-refractivity contribution is 5.92. The lowest BCUT2D eigenvalue weighted by Gasteiger charge is -2.32. The SMILES string of the molecule is CN1CCN(CCCc2ccc3c(n2)COC3=O)CC1. The maximum Gasteiger partial charge on any atom is 0.340 e. The summed E-state index contributed by atoms with van der Waals surface area (Å²) in [5.74, 6) is -0.239. The first-order valence-electron chi connectivity index (χ1n) is 7.29. The number of pyridine rings is 1. The minimum absolute atomic E-state index is 0.239. The number of cyclic esters (lactones) is 1. The molecule has 0 spiro atoms. The van der Waals surface area contributed by atoms with Crippen LogP contribution in [0.25, 0.3) is 0 Å². The van der Waals surface area contributed by atoms with Gasteiger partial charge in [0.15, 0.2) is 0 Å². The topological polar surface area (TPSA) is 45.7 Å². The zero-order valence-corrected chi connectivity index (χ0v) is 12.0. The maximum atomic E-state index is 11.4. The molecule has 0 N–H and O–H groups in total. The molecular weight excluding hydrogens is 254 g/mol. The number of hydrogen-bond donors (Lipinski definition) is 0. The molecule has 3 heterocycles. The minimum Gasteiger partial charge on any atom is -0.456 e. The highest BCUT2D eigenvalue weighted by atomic mass is 16.5. The van der Waals surface area contributed by atoms with Gasteiger partial charge in [0, 0.05) is 31.9 Å². The molecule has 5 heteroatoms. The summed E-state index contributed by atoms with van der Waals surface area (Å²) < 4.78 is 4.97. The van der Waals surface area contributed by atoms with E-state index >= 15 is 0 Å². The van der Waals surface area contributed by atoms with E-state index in [2.05, 4.69) is 21.8 Å². The Kier molecular flexibility index (Phi) is 3.98. The Bertz CT molecular complexity index is 496. The number of likely N-dealkylation sites (N-methyl/N-ethyl adjacent to an activating group) is 1. The number of hydrogen-bond acceptors (Lipinski definition) is 5. The lowest BCUT2D eigenvalue weighted by Crippen LogP contribution is -2.44. The molecule has 0 aliphatic carbocycles. The number of nitrogens with zero attached hydrogens (tertiary/aromatic N) is 3. The van der Waals surface area contributed by atoms with Crippen molar-refractivity contribution in [3.8, 4) is 0 Å². The van der Waals surface area contributed by atoms with Crippen LogP contribution in [0.5, 0.6) is 0 Å². The number of carbonyl (C=O) groups excluding carboxylic acids is 1. The van der Waals surface area contributed by atoms with E-state index in [1.54, 1.807) is 0 Å². The van der Waals surface area contributed by atoms with E-state index in [4.69, 9.17) is 4.74 Å². The Balaban J connectivity index is 1.48. The highest BCUT2D eigenvalue weighted by Crippen LogP contribution is 2.18. The van der Waals surface area contributed by atoms with Crippen LogP contribution < -0.4 is 0 Å². The smallest absolute Gasteiger partial charge is 0.340 e. The van der Waals surface area contributed by atoms with E-state index in [1.807, 2.05) is 12.1 Å². The van der Waals surface area contributed by atoms with E-state index < -0.39 is 0 Å². The molecule has 0 amide bonds. The fourth-order valence-corrected chi connectivity index (χ4v) is 2.75. The van der Waals surface area contributed by atoms with Gasteiger partial charge in [-0.05, 0) is 38.6 Å². The average Bonchev–Trinajstić information content (AvgIpc) is 2.82. The number of esters is 1. The second-order valence-corrected chi connectivity index (χ2v) is 5.62. The molecule has 5 nitrogen and oxygen atoms in total. The summed E-state index contributed by atoms with van der Waals surface area (Å²) in [4.78, 5) is 20.8. The molecule has 0 radical (unpaired) electrons. The van der Waals surface area contributed by atoms with Crippen molar-refractivity contribution in [1.29, 1.82) is 0 Å². The number of fused-ring (bicyclic) bond motifs is 1. The summed E-state index contributed by atoms with van der Waals surface area (Å²) in [5, 5.41) is 0. The van der Waals surface area contributed by atoms with Gasteiger partial charge < -0.3 is 14.5 Å². The van der Waals surface area contributed by atoms with Crippen LogP contribution in [0, 0.1) is 0 Å². The Morgan fingerprint density at radius 2 is 2.05 bits per heavy atom. The van der Waals surface area contributed by atoms with Crippen LogP contribution in [0.4, 0.5) is 0 Å². The largest absolute Gasteiger partial charge is 0.456 e. The van der Waals surface area contributed by atoms with Gasteiger partial charge in [0.25, 0.3) is 0 Å². The van der Waals surface area contributed by atoms with Crippen LogP contribution in [0.3, 0.4) is 0 Å². The quantitative estimate of drug-likeness (QED) is 0.765. The van der Waals surface area contributed by atoms with Gasteiger partial charge in [-0.1, -0.05) is 0 Å². The van der Waals surface area contributed by atoms with Crippen molar-refractivity contribution < 1.29 is 9.53 Å². The van der Waals surface area contributed by atoms with E-state index in [9.17, 15) is 4.79 Å². The number of aromatic nitrogens is 1. The first-order chi connectivity index (χ1) is 9.72. The number of ether oxygens (including phenoxy) is 1. The second-order valence-electron chi connectivity index (χ2n) is 5.62. The minimum atomic E-state index is -0.239. The Morgan fingerprint density at radius 1 is 1.25 bits per heavy atom. The summed E-state index contributed by atoms with van der Waals surface area (Å²) in [5.41, 5.74) is 2.50. The number of carbonyl (C=O) groups is 1. The van der Waals surface area contributed by atoms with Crippen LogP contribution >= 0.6 is 0 Å². The third-order valence-corrected chi connectivity index (χ3v) is 4.09. The standard InChI is InChI=1S/C15H21N3O2/c1-17-7-9-18(10-8-17)6-2-3-12-4-5-13-14(16-12)11-20-15(13)19/h4-5H,2-3,6-11H2,1H3. The van der Waals surface area contributed by atoms with Gasteiger partial charge in [-0.25, -0.2) is 4.79 Å². The van der Waals surface area contributed by atoms with Gasteiger partial charge in [0.1, 0.15) is 6.61 Å². The fourth-order valence-electron chi connectivity index (χ4n) is 2.75. The predicted molar refractivity (Wildman–Crippen MR) is 75.6 cm³/mol. The van der Waals surface area contributed by atoms with Gasteiger partial charge in [-0.15, -0.1) is 0 Å². The van der Waals surface area contributed by atoms with Gasteiger partial charge in [0.2, 0.25) is 0 Å². The molecule has 0 bridgehead atoms. The lowest BCUT2D eigenvalue weighted by molar-refractivity contribution is 0.0533. The molecule has 1 fully saturated rings. The molecule has 1 aromatic heterocycles. The van der Waals surface area contributed by atoms with Crippen molar-refractivity contribution in [3.05, 3.63) is 29.1 Å². The summed E-state index contributed by atoms with van der Waals surface area (Å²) in [7, 11) is 2.18. The number of rotatable bonds is 4. The van der Waals surface area contributed by atoms with Crippen LogP contribution in [-0.2, 0) is 17.8 Å². The molecule has 0 unspecified atom stereocenters. The molecule has 2 aliphatic heterocycles. The molecule has 3 rings (SSSR count). The Labute approximate surface area is 119 Å². The van der Waals surface area contributed by atoms with E-state index in [1.165, 1.54) is 0 Å². The molecule has 0 aromatic carbocycles. The van der Waals surface area contributed by atoms with Crippen LogP contribution in [0.15, 0.2) is 12.1 Å². The van der Waals surface area contributed by atoms with Gasteiger partial charge in [0.05, 0.1) is 11.3 Å². The van der Waals surface area contributed by atoms with Crippen molar-refractivity contribution in [2.45, 2.75) is 19.4 Å². The van der Waals surface area contributed by atoms with E-state index in [-0.39, 0.29) is 5.97 Å². The summed E-state index contributed by atoms with van der Waals surface area (Å²) in [6.45, 7) is 6.11.